The molecule has 3 N–H and O–H groups in total. The van der Waals surface area contributed by atoms with Crippen LogP contribution in [0.15, 0.2) is 36.5 Å². The highest BCUT2D eigenvalue weighted by atomic mass is 16.3. The summed E-state index contributed by atoms with van der Waals surface area (Å²) in [6.07, 6.45) is 36.3. The molecule has 0 radical (unpaired) electrons. The van der Waals surface area contributed by atoms with Gasteiger partial charge in [-0.1, -0.05) is 127 Å². The lowest BCUT2D eigenvalue weighted by molar-refractivity contribution is -0.123. The van der Waals surface area contributed by atoms with Crippen LogP contribution in [0, 0.1) is 0 Å². The first-order chi connectivity index (χ1) is 18.2. The first-order valence-electron chi connectivity index (χ1n) is 15.7. The second-order valence-corrected chi connectivity index (χ2v) is 10.5. The van der Waals surface area contributed by atoms with E-state index in [9.17, 15) is 15.0 Å². The van der Waals surface area contributed by atoms with Crippen LogP contribution < -0.4 is 5.32 Å². The summed E-state index contributed by atoms with van der Waals surface area (Å²) in [6.45, 7) is 4.24. The van der Waals surface area contributed by atoms with Gasteiger partial charge in [0, 0.05) is 6.42 Å². The zero-order valence-electron chi connectivity index (χ0n) is 24.5. The van der Waals surface area contributed by atoms with Crippen molar-refractivity contribution in [2.75, 3.05) is 6.61 Å². The first-order valence-corrected chi connectivity index (χ1v) is 15.7. The Kier molecular flexibility index (Phi) is 28.1. The molecule has 216 valence electrons. The van der Waals surface area contributed by atoms with E-state index in [0.29, 0.717) is 12.8 Å². The van der Waals surface area contributed by atoms with Crippen LogP contribution in [-0.2, 0) is 4.79 Å². The van der Waals surface area contributed by atoms with Crippen molar-refractivity contribution >= 4 is 5.91 Å². The molecule has 0 aliphatic rings. The molecule has 0 saturated carbocycles. The molecule has 0 saturated heterocycles. The van der Waals surface area contributed by atoms with Crippen LogP contribution in [-0.4, -0.2) is 34.9 Å². The predicted molar refractivity (Wildman–Crippen MR) is 161 cm³/mol. The lowest BCUT2D eigenvalue weighted by Crippen LogP contribution is -2.45. The minimum absolute atomic E-state index is 0.0526. The lowest BCUT2D eigenvalue weighted by atomic mass is 10.0. The third kappa shape index (κ3) is 26.0. The van der Waals surface area contributed by atoms with Crippen LogP contribution in [0.4, 0.5) is 0 Å². The van der Waals surface area contributed by atoms with Crippen LogP contribution in [0.5, 0.6) is 0 Å². The molecule has 2 atom stereocenters. The third-order valence-corrected chi connectivity index (χ3v) is 6.90. The van der Waals surface area contributed by atoms with E-state index in [-0.39, 0.29) is 12.5 Å². The number of nitrogens with one attached hydrogen (secondary N) is 1. The van der Waals surface area contributed by atoms with Gasteiger partial charge in [0.15, 0.2) is 0 Å². The maximum atomic E-state index is 12.2. The predicted octanol–water partition coefficient (Wildman–Crippen LogP) is 8.72. The van der Waals surface area contributed by atoms with Gasteiger partial charge in [-0.2, -0.15) is 0 Å². The van der Waals surface area contributed by atoms with Crippen LogP contribution >= 0.6 is 0 Å². The molecule has 37 heavy (non-hydrogen) atoms. The van der Waals surface area contributed by atoms with E-state index in [1.54, 1.807) is 0 Å². The van der Waals surface area contributed by atoms with Crippen molar-refractivity contribution < 1.29 is 15.0 Å². The van der Waals surface area contributed by atoms with Crippen molar-refractivity contribution in [2.24, 2.45) is 0 Å². The standard InChI is InChI=1S/C33H61NO3/c1-3-5-7-9-11-12-13-14-15-16-17-18-19-20-21-22-23-25-27-29-33(37)34-31(30-35)32(36)28-26-24-10-8-6-4-2/h11-12,14-15,17-18,31-32,35-36H,3-10,13,16,19-30H2,1-2H3,(H,34,37)/b12-11-,15-14-,18-17-. The number of rotatable bonds is 27. The smallest absolute Gasteiger partial charge is 0.220 e. The zero-order valence-corrected chi connectivity index (χ0v) is 24.5. The summed E-state index contributed by atoms with van der Waals surface area (Å²) in [5, 5.41) is 22.7. The molecule has 0 heterocycles. The Bertz CT molecular complexity index is 570. The lowest BCUT2D eigenvalue weighted by Gasteiger charge is -2.22. The van der Waals surface area contributed by atoms with Crippen molar-refractivity contribution in [1.29, 1.82) is 0 Å². The third-order valence-electron chi connectivity index (χ3n) is 6.90. The molecule has 0 aliphatic heterocycles. The van der Waals surface area contributed by atoms with Crippen LogP contribution in [0.25, 0.3) is 0 Å². The van der Waals surface area contributed by atoms with Crippen molar-refractivity contribution in [3.63, 3.8) is 0 Å². The fraction of sp³-hybridized carbons (Fsp3) is 0.788. The monoisotopic (exact) mass is 519 g/mol. The van der Waals surface area contributed by atoms with Gasteiger partial charge in [-0.15, -0.1) is 0 Å². The average molecular weight is 520 g/mol. The molecule has 0 rings (SSSR count). The molecule has 0 bridgehead atoms. The van der Waals surface area contributed by atoms with Crippen LogP contribution in [0.1, 0.15) is 149 Å². The fourth-order valence-electron chi connectivity index (χ4n) is 4.42. The number of allylic oxidation sites excluding steroid dienone is 6. The van der Waals surface area contributed by atoms with Gasteiger partial charge in [-0.3, -0.25) is 4.79 Å². The number of carbonyl (C=O) groups excluding carboxylic acids is 1. The Balaban J connectivity index is 3.61. The molecule has 0 fully saturated rings. The van der Waals surface area contributed by atoms with E-state index in [1.807, 2.05) is 0 Å². The van der Waals surface area contributed by atoms with Gasteiger partial charge in [-0.05, 0) is 51.4 Å². The van der Waals surface area contributed by atoms with E-state index in [0.717, 1.165) is 51.4 Å². The normalized spacial score (nSPS) is 13.7. The number of hydrogen-bond donors (Lipinski definition) is 3. The topological polar surface area (TPSA) is 69.6 Å². The van der Waals surface area contributed by atoms with Crippen molar-refractivity contribution in [3.05, 3.63) is 36.5 Å². The molecule has 1 amide bonds. The Morgan fingerprint density at radius 1 is 0.649 bits per heavy atom. The number of hydrogen-bond acceptors (Lipinski definition) is 3. The van der Waals surface area contributed by atoms with Gasteiger partial charge >= 0.3 is 0 Å². The minimum Gasteiger partial charge on any atom is -0.394 e. The molecule has 0 aromatic carbocycles. The molecule has 4 heteroatoms. The highest BCUT2D eigenvalue weighted by Crippen LogP contribution is 2.12. The van der Waals surface area contributed by atoms with E-state index < -0.39 is 12.1 Å². The zero-order chi connectivity index (χ0) is 27.2. The summed E-state index contributed by atoms with van der Waals surface area (Å²) in [5.74, 6) is -0.0526. The quantitative estimate of drug-likeness (QED) is 0.0750. The van der Waals surface area contributed by atoms with Crippen molar-refractivity contribution in [3.8, 4) is 0 Å². The minimum atomic E-state index is -0.660. The maximum Gasteiger partial charge on any atom is 0.220 e. The summed E-state index contributed by atoms with van der Waals surface area (Å²) in [7, 11) is 0. The SMILES string of the molecule is CCCCC/C=C\C/C=C\C/C=C\CCCCCCCCC(=O)NC(CO)C(O)CCCCCCCC. The van der Waals surface area contributed by atoms with Gasteiger partial charge in [0.05, 0.1) is 18.8 Å². The molecule has 0 aliphatic carbocycles. The molecule has 0 spiro atoms. The van der Waals surface area contributed by atoms with Crippen molar-refractivity contribution in [1.82, 2.24) is 5.32 Å². The van der Waals surface area contributed by atoms with Gasteiger partial charge in [0.25, 0.3) is 0 Å². The van der Waals surface area contributed by atoms with Gasteiger partial charge in [-0.25, -0.2) is 0 Å². The Morgan fingerprint density at radius 2 is 1.11 bits per heavy atom. The number of unbranched alkanes of at least 4 members (excludes halogenated alkanes) is 14. The molecule has 4 nitrogen and oxygen atoms in total. The first kappa shape index (κ1) is 35.6. The second-order valence-electron chi connectivity index (χ2n) is 10.5. The van der Waals surface area contributed by atoms with Gasteiger partial charge in [0.2, 0.25) is 5.91 Å². The van der Waals surface area contributed by atoms with Crippen LogP contribution in [0.2, 0.25) is 0 Å². The Labute approximate surface area is 230 Å². The summed E-state index contributed by atoms with van der Waals surface area (Å²) < 4.78 is 0. The second kappa shape index (κ2) is 29.2. The molecular formula is C33H61NO3. The van der Waals surface area contributed by atoms with Gasteiger partial charge in [0.1, 0.15) is 0 Å². The summed E-state index contributed by atoms with van der Waals surface area (Å²) in [6, 6.07) is -0.538. The number of amides is 1. The molecule has 0 aromatic rings. The summed E-state index contributed by atoms with van der Waals surface area (Å²) >= 11 is 0. The Hall–Kier alpha value is -1.39. The van der Waals surface area contributed by atoms with Crippen LogP contribution in [0.3, 0.4) is 0 Å². The van der Waals surface area contributed by atoms with Gasteiger partial charge < -0.3 is 15.5 Å². The average Bonchev–Trinajstić information content (AvgIpc) is 2.90. The van der Waals surface area contributed by atoms with E-state index in [4.69, 9.17) is 0 Å². The molecule has 2 unspecified atom stereocenters. The largest absolute Gasteiger partial charge is 0.394 e. The number of aliphatic hydroxyl groups excluding tert-OH is 2. The van der Waals surface area contributed by atoms with E-state index in [2.05, 4.69) is 55.6 Å². The summed E-state index contributed by atoms with van der Waals surface area (Å²) in [4.78, 5) is 12.2. The fourth-order valence-corrected chi connectivity index (χ4v) is 4.42. The molecule has 0 aromatic heterocycles. The maximum absolute atomic E-state index is 12.2. The number of carbonyl (C=O) groups is 1. The van der Waals surface area contributed by atoms with E-state index in [1.165, 1.54) is 70.6 Å². The number of aliphatic hydroxyl groups is 2. The van der Waals surface area contributed by atoms with E-state index >= 15 is 0 Å². The highest BCUT2D eigenvalue weighted by molar-refractivity contribution is 5.76. The molecular weight excluding hydrogens is 458 g/mol. The van der Waals surface area contributed by atoms with Crippen molar-refractivity contribution in [2.45, 2.75) is 161 Å². The Morgan fingerprint density at radius 3 is 1.70 bits per heavy atom. The summed E-state index contributed by atoms with van der Waals surface area (Å²) in [5.41, 5.74) is 0. The highest BCUT2D eigenvalue weighted by Gasteiger charge is 2.19.